The summed E-state index contributed by atoms with van der Waals surface area (Å²) < 4.78 is 0. The molecule has 0 aromatic heterocycles. The molecule has 0 bridgehead atoms. The summed E-state index contributed by atoms with van der Waals surface area (Å²) in [5.41, 5.74) is 0.197. The molecule has 3 aromatic carbocycles. The molecule has 3 aromatic rings. The fourth-order valence-corrected chi connectivity index (χ4v) is 3.81. The van der Waals surface area contributed by atoms with Gasteiger partial charge in [-0.2, -0.15) is 0 Å². The molecule has 36 heavy (non-hydrogen) atoms. The van der Waals surface area contributed by atoms with E-state index in [9.17, 15) is 19.5 Å². The Labute approximate surface area is 210 Å². The minimum atomic E-state index is -1.87. The van der Waals surface area contributed by atoms with E-state index in [1.165, 1.54) is 26.1 Å². The van der Waals surface area contributed by atoms with Crippen LogP contribution in [0.3, 0.4) is 0 Å². The number of fused-ring (bicyclic) bond motifs is 1. The average molecular weight is 489 g/mol. The van der Waals surface area contributed by atoms with E-state index < -0.39 is 11.6 Å². The molecule has 0 saturated heterocycles. The lowest BCUT2D eigenvalue weighted by molar-refractivity contribution is -0.141. The van der Waals surface area contributed by atoms with Crippen LogP contribution in [-0.2, 0) is 16.1 Å². The molecule has 0 heterocycles. The van der Waals surface area contributed by atoms with E-state index >= 15 is 0 Å². The van der Waals surface area contributed by atoms with E-state index in [4.69, 9.17) is 0 Å². The summed E-state index contributed by atoms with van der Waals surface area (Å²) in [5.74, 6) is -1.20. The molecule has 0 aliphatic rings. The zero-order chi connectivity index (χ0) is 26.1. The lowest BCUT2D eigenvalue weighted by Crippen LogP contribution is -2.54. The second-order valence-corrected chi connectivity index (χ2v) is 8.57. The molecule has 8 heteroatoms. The minimum Gasteiger partial charge on any atom is -0.368 e. The highest BCUT2D eigenvalue weighted by molar-refractivity contribution is 5.96. The van der Waals surface area contributed by atoms with Crippen molar-refractivity contribution in [2.45, 2.75) is 32.2 Å². The molecule has 1 unspecified atom stereocenters. The van der Waals surface area contributed by atoms with Gasteiger partial charge in [-0.15, -0.1) is 0 Å². The molecule has 0 spiro atoms. The number of amides is 3. The SMILES string of the molecule is CNC(=O)/C=C/CNC(C)(O)C(=O)NCc1ccccc1C(=O)N[C@H](C)c1cccc2ccccc12. The van der Waals surface area contributed by atoms with Gasteiger partial charge in [0, 0.05) is 31.8 Å². The number of benzene rings is 3. The highest BCUT2D eigenvalue weighted by Gasteiger charge is 2.29. The van der Waals surface area contributed by atoms with E-state index in [1.54, 1.807) is 24.3 Å². The van der Waals surface area contributed by atoms with Gasteiger partial charge in [0.2, 0.25) is 5.91 Å². The van der Waals surface area contributed by atoms with Crippen LogP contribution in [0.25, 0.3) is 10.8 Å². The lowest BCUT2D eigenvalue weighted by atomic mass is 9.99. The van der Waals surface area contributed by atoms with Crippen molar-refractivity contribution in [3.05, 3.63) is 95.6 Å². The summed E-state index contributed by atoms with van der Waals surface area (Å²) in [6.07, 6.45) is 2.80. The first-order chi connectivity index (χ1) is 17.2. The zero-order valence-electron chi connectivity index (χ0n) is 20.7. The Bertz CT molecular complexity index is 1260. The van der Waals surface area contributed by atoms with Gasteiger partial charge >= 0.3 is 0 Å². The second kappa shape index (κ2) is 12.1. The number of nitrogens with one attached hydrogen (secondary N) is 4. The van der Waals surface area contributed by atoms with Gasteiger partial charge in [0.15, 0.2) is 5.72 Å². The average Bonchev–Trinajstić information content (AvgIpc) is 2.89. The fourth-order valence-electron chi connectivity index (χ4n) is 3.81. The molecular formula is C28H32N4O4. The van der Waals surface area contributed by atoms with Crippen molar-refractivity contribution < 1.29 is 19.5 Å². The predicted molar refractivity (Wildman–Crippen MR) is 140 cm³/mol. The molecule has 3 rings (SSSR count). The quantitative estimate of drug-likeness (QED) is 0.222. The maximum Gasteiger partial charge on any atom is 0.267 e. The summed E-state index contributed by atoms with van der Waals surface area (Å²) in [7, 11) is 1.51. The number of hydrogen-bond acceptors (Lipinski definition) is 5. The van der Waals surface area contributed by atoms with Crippen molar-refractivity contribution in [2.75, 3.05) is 13.6 Å². The molecule has 5 N–H and O–H groups in total. The molecule has 0 fully saturated rings. The van der Waals surface area contributed by atoms with Crippen LogP contribution in [0.1, 0.15) is 41.4 Å². The van der Waals surface area contributed by atoms with Crippen LogP contribution in [0.2, 0.25) is 0 Å². The molecule has 0 aliphatic carbocycles. The third kappa shape index (κ3) is 6.78. The van der Waals surface area contributed by atoms with Gasteiger partial charge in [0.05, 0.1) is 6.04 Å². The summed E-state index contributed by atoms with van der Waals surface area (Å²) in [4.78, 5) is 36.9. The van der Waals surface area contributed by atoms with Gasteiger partial charge in [0.1, 0.15) is 0 Å². The smallest absolute Gasteiger partial charge is 0.267 e. The summed E-state index contributed by atoms with van der Waals surface area (Å²) in [6.45, 7) is 3.42. The fraction of sp³-hybridized carbons (Fsp3) is 0.250. The van der Waals surface area contributed by atoms with Crippen LogP contribution < -0.4 is 21.3 Å². The Morgan fingerprint density at radius 3 is 2.47 bits per heavy atom. The number of hydrogen-bond donors (Lipinski definition) is 5. The number of carbonyl (C=O) groups is 3. The molecule has 0 saturated carbocycles. The van der Waals surface area contributed by atoms with Crippen molar-refractivity contribution in [3.8, 4) is 0 Å². The third-order valence-electron chi connectivity index (χ3n) is 5.86. The van der Waals surface area contributed by atoms with Crippen molar-refractivity contribution >= 4 is 28.5 Å². The van der Waals surface area contributed by atoms with Crippen molar-refractivity contribution in [2.24, 2.45) is 0 Å². The van der Waals surface area contributed by atoms with E-state index in [0.29, 0.717) is 11.1 Å². The molecule has 0 aliphatic heterocycles. The van der Waals surface area contributed by atoms with E-state index in [2.05, 4.69) is 21.3 Å². The van der Waals surface area contributed by atoms with Crippen LogP contribution in [0, 0.1) is 0 Å². The summed E-state index contributed by atoms with van der Waals surface area (Å²) in [6, 6.07) is 20.8. The molecule has 3 amide bonds. The maximum atomic E-state index is 13.2. The highest BCUT2D eigenvalue weighted by atomic mass is 16.3. The largest absolute Gasteiger partial charge is 0.368 e. The summed E-state index contributed by atoms with van der Waals surface area (Å²) >= 11 is 0. The predicted octanol–water partition coefficient (Wildman–Crippen LogP) is 2.55. The lowest BCUT2D eigenvalue weighted by Gasteiger charge is -2.23. The Kier molecular flexibility index (Phi) is 8.94. The van der Waals surface area contributed by atoms with Crippen molar-refractivity contribution in [1.29, 1.82) is 0 Å². The Morgan fingerprint density at radius 2 is 1.69 bits per heavy atom. The maximum absolute atomic E-state index is 13.2. The van der Waals surface area contributed by atoms with E-state index in [-0.39, 0.29) is 30.9 Å². The second-order valence-electron chi connectivity index (χ2n) is 8.57. The first-order valence-electron chi connectivity index (χ1n) is 11.7. The number of likely N-dealkylation sites (N-methyl/N-ethyl adjacent to an activating group) is 1. The summed E-state index contributed by atoms with van der Waals surface area (Å²) in [5, 5.41) is 23.5. The van der Waals surface area contributed by atoms with Gasteiger partial charge in [-0.1, -0.05) is 66.7 Å². The first-order valence-corrected chi connectivity index (χ1v) is 11.7. The number of aliphatic hydroxyl groups is 1. The minimum absolute atomic E-state index is 0.0526. The van der Waals surface area contributed by atoms with Gasteiger partial charge in [-0.05, 0) is 41.8 Å². The number of carbonyl (C=O) groups excluding carboxylic acids is 3. The molecule has 0 radical (unpaired) electrons. The van der Waals surface area contributed by atoms with Crippen LogP contribution in [-0.4, -0.2) is 42.1 Å². The van der Waals surface area contributed by atoms with Gasteiger partial charge < -0.3 is 21.1 Å². The molecular weight excluding hydrogens is 456 g/mol. The molecule has 188 valence electrons. The topological polar surface area (TPSA) is 120 Å². The van der Waals surface area contributed by atoms with Gasteiger partial charge in [-0.25, -0.2) is 0 Å². The van der Waals surface area contributed by atoms with Gasteiger partial charge in [0.25, 0.3) is 11.8 Å². The molecule has 8 nitrogen and oxygen atoms in total. The molecule has 2 atom stereocenters. The number of rotatable bonds is 10. The Morgan fingerprint density at radius 1 is 1.00 bits per heavy atom. The monoisotopic (exact) mass is 488 g/mol. The van der Waals surface area contributed by atoms with Crippen molar-refractivity contribution in [1.82, 2.24) is 21.3 Å². The van der Waals surface area contributed by atoms with Crippen molar-refractivity contribution in [3.63, 3.8) is 0 Å². The standard InChI is InChI=1S/C28H32N4O4/c1-19(22-15-8-12-20-10-4-6-13-23(20)22)32-26(34)24-14-7-5-11-21(24)18-30-27(35)28(2,36)31-17-9-16-25(33)29-3/h4-16,19,31,36H,17-18H2,1-3H3,(H,29,33)(H,30,35)(H,32,34)/b16-9+/t19-,28?/m1/s1. The highest BCUT2D eigenvalue weighted by Crippen LogP contribution is 2.24. The first kappa shape index (κ1) is 26.6. The zero-order valence-corrected chi connectivity index (χ0v) is 20.7. The Balaban J connectivity index is 1.64. The van der Waals surface area contributed by atoms with Crippen LogP contribution in [0.5, 0.6) is 0 Å². The van der Waals surface area contributed by atoms with E-state index in [1.807, 2.05) is 49.4 Å². The Hall–Kier alpha value is -4.01. The van der Waals surface area contributed by atoms with Crippen LogP contribution in [0.15, 0.2) is 78.9 Å². The van der Waals surface area contributed by atoms with Gasteiger partial charge in [-0.3, -0.25) is 19.7 Å². The van der Waals surface area contributed by atoms with Crippen LogP contribution in [0.4, 0.5) is 0 Å². The van der Waals surface area contributed by atoms with E-state index in [0.717, 1.165) is 16.3 Å². The van der Waals surface area contributed by atoms with Crippen LogP contribution >= 0.6 is 0 Å². The third-order valence-corrected chi connectivity index (χ3v) is 5.86. The normalized spacial score (nSPS) is 13.7.